The van der Waals surface area contributed by atoms with E-state index in [-0.39, 0.29) is 16.6 Å². The smallest absolute Gasteiger partial charge is 0.244 e. The van der Waals surface area contributed by atoms with Gasteiger partial charge in [-0.2, -0.15) is 16.5 Å². The fourth-order valence-electron chi connectivity index (χ4n) is 2.79. The number of fused-ring (bicyclic) bond motifs is 1. The zero-order valence-corrected chi connectivity index (χ0v) is 17.6. The Kier molecular flexibility index (Phi) is 6.78. The molecule has 1 amide bonds. The summed E-state index contributed by atoms with van der Waals surface area (Å²) in [5, 5.41) is 2.67. The molecule has 10 heteroatoms. The molecule has 154 valence electrons. The lowest BCUT2D eigenvalue weighted by Gasteiger charge is -2.18. The molecule has 0 aliphatic carbocycles. The van der Waals surface area contributed by atoms with Crippen LogP contribution in [0.15, 0.2) is 53.4 Å². The van der Waals surface area contributed by atoms with Gasteiger partial charge in [0.1, 0.15) is 16.7 Å². The van der Waals surface area contributed by atoms with Crippen molar-refractivity contribution in [1.82, 2.24) is 14.7 Å². The first-order chi connectivity index (χ1) is 13.9. The van der Waals surface area contributed by atoms with Gasteiger partial charge < -0.3 is 9.72 Å². The minimum Gasteiger partial charge on any atom is -0.495 e. The van der Waals surface area contributed by atoms with E-state index in [4.69, 9.17) is 4.74 Å². The van der Waals surface area contributed by atoms with Crippen molar-refractivity contribution in [1.29, 1.82) is 0 Å². The molecule has 0 aliphatic rings. The van der Waals surface area contributed by atoms with Crippen LogP contribution in [0.3, 0.4) is 0 Å². The second-order valence-corrected chi connectivity index (χ2v) is 8.87. The monoisotopic (exact) mass is 434 g/mol. The van der Waals surface area contributed by atoms with Gasteiger partial charge in [0.05, 0.1) is 18.1 Å². The number of benzene rings is 2. The second kappa shape index (κ2) is 9.29. The molecule has 3 aromatic rings. The van der Waals surface area contributed by atoms with Gasteiger partial charge in [-0.1, -0.05) is 24.3 Å². The highest BCUT2D eigenvalue weighted by atomic mass is 32.2. The van der Waals surface area contributed by atoms with E-state index >= 15 is 0 Å². The van der Waals surface area contributed by atoms with Crippen molar-refractivity contribution >= 4 is 44.7 Å². The SMILES string of the molecule is COc1ccccc1S(=O)(=O)N[C@H](CCSC)C(=O)Nc1nc2ccccc2[nH]1. The Hall–Kier alpha value is -2.56. The third-order valence-electron chi connectivity index (χ3n) is 4.21. The molecule has 0 radical (unpaired) electrons. The van der Waals surface area contributed by atoms with Crippen molar-refractivity contribution in [3.8, 4) is 5.75 Å². The van der Waals surface area contributed by atoms with Gasteiger partial charge in [-0.25, -0.2) is 13.4 Å². The number of H-pyrrole nitrogens is 1. The predicted molar refractivity (Wildman–Crippen MR) is 115 cm³/mol. The van der Waals surface area contributed by atoms with Crippen LogP contribution in [0.5, 0.6) is 5.75 Å². The Balaban J connectivity index is 1.81. The van der Waals surface area contributed by atoms with Crippen molar-refractivity contribution in [2.24, 2.45) is 0 Å². The van der Waals surface area contributed by atoms with Gasteiger partial charge in [0.15, 0.2) is 0 Å². The van der Waals surface area contributed by atoms with Crippen LogP contribution in [0.1, 0.15) is 6.42 Å². The van der Waals surface area contributed by atoms with E-state index < -0.39 is 22.0 Å². The summed E-state index contributed by atoms with van der Waals surface area (Å²) in [6, 6.07) is 12.7. The van der Waals surface area contributed by atoms with Gasteiger partial charge >= 0.3 is 0 Å². The summed E-state index contributed by atoms with van der Waals surface area (Å²) in [5.41, 5.74) is 1.48. The number of nitrogens with one attached hydrogen (secondary N) is 3. The van der Waals surface area contributed by atoms with E-state index in [0.29, 0.717) is 17.7 Å². The normalized spacial score (nSPS) is 12.6. The number of methoxy groups -OCH3 is 1. The highest BCUT2D eigenvalue weighted by Crippen LogP contribution is 2.23. The van der Waals surface area contributed by atoms with Crippen LogP contribution in [-0.2, 0) is 14.8 Å². The Labute approximate surface area is 173 Å². The van der Waals surface area contributed by atoms with Crippen LogP contribution in [0.2, 0.25) is 0 Å². The molecular weight excluding hydrogens is 412 g/mol. The van der Waals surface area contributed by atoms with Gasteiger partial charge in [0, 0.05) is 0 Å². The van der Waals surface area contributed by atoms with E-state index in [1.165, 1.54) is 24.9 Å². The topological polar surface area (TPSA) is 113 Å². The van der Waals surface area contributed by atoms with Crippen molar-refractivity contribution in [2.75, 3.05) is 24.4 Å². The third kappa shape index (κ3) is 5.08. The Morgan fingerprint density at radius 2 is 1.93 bits per heavy atom. The summed E-state index contributed by atoms with van der Waals surface area (Å²) in [6.45, 7) is 0. The number of carbonyl (C=O) groups is 1. The van der Waals surface area contributed by atoms with E-state index in [1.54, 1.807) is 18.2 Å². The third-order valence-corrected chi connectivity index (χ3v) is 6.37. The molecule has 0 fully saturated rings. The first-order valence-electron chi connectivity index (χ1n) is 8.84. The maximum absolute atomic E-state index is 12.9. The van der Waals surface area contributed by atoms with Crippen LogP contribution in [0.4, 0.5) is 5.95 Å². The number of hydrogen-bond donors (Lipinski definition) is 3. The number of anilines is 1. The second-order valence-electron chi connectivity index (χ2n) is 6.20. The van der Waals surface area contributed by atoms with Gasteiger partial charge in [-0.05, 0) is 42.7 Å². The van der Waals surface area contributed by atoms with Crippen molar-refractivity contribution < 1.29 is 17.9 Å². The molecule has 0 unspecified atom stereocenters. The number of aromatic amines is 1. The Morgan fingerprint density at radius 1 is 1.21 bits per heavy atom. The Morgan fingerprint density at radius 3 is 2.66 bits per heavy atom. The number of carbonyl (C=O) groups excluding carboxylic acids is 1. The Bertz CT molecular complexity index is 1070. The summed E-state index contributed by atoms with van der Waals surface area (Å²) < 4.78 is 33.4. The van der Waals surface area contributed by atoms with Crippen LogP contribution in [0.25, 0.3) is 11.0 Å². The molecular formula is C19H22N4O4S2. The number of aromatic nitrogens is 2. The van der Waals surface area contributed by atoms with Crippen LogP contribution in [-0.4, -0.2) is 49.5 Å². The minimum atomic E-state index is -3.97. The molecule has 1 heterocycles. The largest absolute Gasteiger partial charge is 0.495 e. The van der Waals surface area contributed by atoms with Crippen molar-refractivity contribution in [3.05, 3.63) is 48.5 Å². The fraction of sp³-hybridized carbons (Fsp3) is 0.263. The number of hydrogen-bond acceptors (Lipinski definition) is 6. The van der Waals surface area contributed by atoms with E-state index in [9.17, 15) is 13.2 Å². The van der Waals surface area contributed by atoms with Gasteiger partial charge in [0.25, 0.3) is 0 Å². The van der Waals surface area contributed by atoms with Gasteiger partial charge in [-0.3, -0.25) is 10.1 Å². The number of imidazole rings is 1. The maximum Gasteiger partial charge on any atom is 0.244 e. The van der Waals surface area contributed by atoms with Crippen molar-refractivity contribution in [2.45, 2.75) is 17.4 Å². The lowest BCUT2D eigenvalue weighted by Crippen LogP contribution is -2.44. The summed E-state index contributed by atoms with van der Waals surface area (Å²) in [6.07, 6.45) is 2.21. The van der Waals surface area contributed by atoms with Crippen LogP contribution < -0.4 is 14.8 Å². The number of nitrogens with zero attached hydrogens (tertiary/aromatic N) is 1. The van der Waals surface area contributed by atoms with E-state index in [2.05, 4.69) is 20.0 Å². The van der Waals surface area contributed by atoms with Crippen LogP contribution in [0, 0.1) is 0 Å². The van der Waals surface area contributed by atoms with E-state index in [1.807, 2.05) is 30.5 Å². The zero-order chi connectivity index (χ0) is 20.9. The average Bonchev–Trinajstić information content (AvgIpc) is 3.13. The quantitative estimate of drug-likeness (QED) is 0.477. The number of thioether (sulfide) groups is 1. The first-order valence-corrected chi connectivity index (χ1v) is 11.7. The molecule has 8 nitrogen and oxygen atoms in total. The molecule has 0 saturated heterocycles. The molecule has 3 N–H and O–H groups in total. The summed E-state index contributed by atoms with van der Waals surface area (Å²) >= 11 is 1.52. The zero-order valence-electron chi connectivity index (χ0n) is 16.0. The number of sulfonamides is 1. The fourth-order valence-corrected chi connectivity index (χ4v) is 4.66. The molecule has 3 rings (SSSR count). The molecule has 0 saturated carbocycles. The average molecular weight is 435 g/mol. The summed E-state index contributed by atoms with van der Waals surface area (Å²) in [4.78, 5) is 20.1. The van der Waals surface area contributed by atoms with Crippen molar-refractivity contribution in [3.63, 3.8) is 0 Å². The van der Waals surface area contributed by atoms with Gasteiger partial charge in [0.2, 0.25) is 21.9 Å². The summed E-state index contributed by atoms with van der Waals surface area (Å²) in [7, 11) is -2.57. The molecule has 2 aromatic carbocycles. The highest BCUT2D eigenvalue weighted by molar-refractivity contribution is 7.98. The number of rotatable bonds is 9. The van der Waals surface area contributed by atoms with E-state index in [0.717, 1.165) is 5.52 Å². The lowest BCUT2D eigenvalue weighted by molar-refractivity contribution is -0.117. The molecule has 29 heavy (non-hydrogen) atoms. The molecule has 0 bridgehead atoms. The number of amides is 1. The molecule has 0 aliphatic heterocycles. The minimum absolute atomic E-state index is 0.0202. The highest BCUT2D eigenvalue weighted by Gasteiger charge is 2.28. The maximum atomic E-state index is 12.9. The number of ether oxygens (including phenoxy) is 1. The predicted octanol–water partition coefficient (Wildman–Crippen LogP) is 2.61. The molecule has 0 spiro atoms. The summed E-state index contributed by atoms with van der Waals surface area (Å²) in [5.74, 6) is 0.590. The number of para-hydroxylation sites is 3. The molecule has 1 aromatic heterocycles. The standard InChI is InChI=1S/C19H22N4O4S2/c1-27-16-9-5-6-10-17(16)29(25,26)23-15(11-12-28-2)18(24)22-19-20-13-7-3-4-8-14(13)21-19/h3-10,15,23H,11-12H2,1-2H3,(H2,20,21,22,24)/t15-/m1/s1. The first kappa shape index (κ1) is 21.2. The van der Waals surface area contributed by atoms with Crippen LogP contribution >= 0.6 is 11.8 Å². The van der Waals surface area contributed by atoms with Gasteiger partial charge in [-0.15, -0.1) is 0 Å². The molecule has 1 atom stereocenters. The lowest BCUT2D eigenvalue weighted by atomic mass is 10.2.